The van der Waals surface area contributed by atoms with Gasteiger partial charge in [0.25, 0.3) is 5.91 Å². The first-order valence-corrected chi connectivity index (χ1v) is 5.98. The second kappa shape index (κ2) is 4.84. The largest absolute Gasteiger partial charge is 0.393 e. The zero-order chi connectivity index (χ0) is 12.4. The van der Waals surface area contributed by atoms with Crippen LogP contribution in [0.2, 0.25) is 0 Å². The van der Waals surface area contributed by atoms with Gasteiger partial charge in [-0.1, -0.05) is 0 Å². The van der Waals surface area contributed by atoms with E-state index in [0.717, 1.165) is 18.7 Å². The van der Waals surface area contributed by atoms with Crippen molar-refractivity contribution in [1.82, 2.24) is 9.88 Å². The fraction of sp³-hybridized carbons (Fsp3) is 0.538. The predicted molar refractivity (Wildman–Crippen MR) is 64.7 cm³/mol. The molecule has 0 saturated carbocycles. The highest BCUT2D eigenvalue weighted by Crippen LogP contribution is 2.21. The third kappa shape index (κ3) is 2.64. The van der Waals surface area contributed by atoms with Gasteiger partial charge in [0, 0.05) is 30.9 Å². The van der Waals surface area contributed by atoms with Crippen LogP contribution in [0.4, 0.5) is 0 Å². The number of aliphatic hydroxyl groups is 1. The normalized spacial score (nSPS) is 21.6. The van der Waals surface area contributed by atoms with E-state index in [1.54, 1.807) is 24.1 Å². The number of aliphatic hydroxyl groups excluding tert-OH is 1. The molecule has 1 aromatic rings. The smallest absolute Gasteiger partial charge is 0.255 e. The summed E-state index contributed by atoms with van der Waals surface area (Å²) in [5, 5.41) is 9.51. The molecule has 2 heterocycles. The van der Waals surface area contributed by atoms with Crippen molar-refractivity contribution in [3.8, 4) is 0 Å². The van der Waals surface area contributed by atoms with Crippen LogP contribution in [0.3, 0.4) is 0 Å². The molecule has 0 bridgehead atoms. The zero-order valence-electron chi connectivity index (χ0n) is 10.3. The van der Waals surface area contributed by atoms with E-state index >= 15 is 0 Å². The molecule has 4 heteroatoms. The molecular weight excluding hydrogens is 216 g/mol. The monoisotopic (exact) mass is 234 g/mol. The van der Waals surface area contributed by atoms with Crippen molar-refractivity contribution in [3.05, 3.63) is 29.6 Å². The second-order valence-corrected chi connectivity index (χ2v) is 4.73. The van der Waals surface area contributed by atoms with Gasteiger partial charge in [-0.05, 0) is 32.4 Å². The molecule has 2 unspecified atom stereocenters. The fourth-order valence-corrected chi connectivity index (χ4v) is 2.14. The van der Waals surface area contributed by atoms with Crippen molar-refractivity contribution in [2.45, 2.75) is 26.4 Å². The van der Waals surface area contributed by atoms with Crippen LogP contribution < -0.4 is 0 Å². The average Bonchev–Trinajstić information content (AvgIpc) is 2.78. The summed E-state index contributed by atoms with van der Waals surface area (Å²) in [6, 6.07) is 3.65. The predicted octanol–water partition coefficient (Wildman–Crippen LogP) is 1.23. The number of amides is 1. The maximum absolute atomic E-state index is 12.1. The minimum Gasteiger partial charge on any atom is -0.393 e. The highest BCUT2D eigenvalue weighted by molar-refractivity contribution is 5.94. The van der Waals surface area contributed by atoms with Crippen LogP contribution in [0.1, 0.15) is 29.4 Å². The number of pyridine rings is 1. The number of rotatable bonds is 2. The van der Waals surface area contributed by atoms with E-state index < -0.39 is 0 Å². The highest BCUT2D eigenvalue weighted by atomic mass is 16.3. The average molecular weight is 234 g/mol. The lowest BCUT2D eigenvalue weighted by atomic mass is 10.0. The number of aryl methyl sites for hydroxylation is 1. The Labute approximate surface area is 101 Å². The summed E-state index contributed by atoms with van der Waals surface area (Å²) >= 11 is 0. The Hall–Kier alpha value is -1.42. The molecule has 0 aromatic carbocycles. The summed E-state index contributed by atoms with van der Waals surface area (Å²) in [5.74, 6) is 0.220. The molecule has 0 aliphatic carbocycles. The summed E-state index contributed by atoms with van der Waals surface area (Å²) in [7, 11) is 0. The number of likely N-dealkylation sites (tertiary alicyclic amines) is 1. The van der Waals surface area contributed by atoms with Crippen LogP contribution in [0.15, 0.2) is 18.3 Å². The first-order chi connectivity index (χ1) is 8.08. The molecule has 1 N–H and O–H groups in total. The van der Waals surface area contributed by atoms with E-state index in [9.17, 15) is 9.90 Å². The molecular formula is C13H18N2O2. The third-order valence-corrected chi connectivity index (χ3v) is 3.35. The number of carbonyl (C=O) groups excluding carboxylic acids is 1. The molecule has 1 aromatic heterocycles. The van der Waals surface area contributed by atoms with Gasteiger partial charge >= 0.3 is 0 Å². The van der Waals surface area contributed by atoms with Crippen molar-refractivity contribution in [2.75, 3.05) is 13.1 Å². The number of nitrogens with zero attached hydrogens (tertiary/aromatic N) is 2. The number of aromatic nitrogens is 1. The molecule has 17 heavy (non-hydrogen) atoms. The topological polar surface area (TPSA) is 53.4 Å². The van der Waals surface area contributed by atoms with Crippen LogP contribution in [0.5, 0.6) is 0 Å². The van der Waals surface area contributed by atoms with Gasteiger partial charge in [-0.3, -0.25) is 9.78 Å². The Kier molecular flexibility index (Phi) is 3.43. The SMILES string of the molecule is Cc1ccc(C(=O)N2CCC(C(C)O)C2)cn1. The molecule has 1 saturated heterocycles. The van der Waals surface area contributed by atoms with E-state index in [0.29, 0.717) is 12.1 Å². The summed E-state index contributed by atoms with van der Waals surface area (Å²) in [4.78, 5) is 18.1. The lowest BCUT2D eigenvalue weighted by Crippen LogP contribution is -2.30. The Morgan fingerprint density at radius 2 is 2.35 bits per heavy atom. The summed E-state index contributed by atoms with van der Waals surface area (Å²) in [6.45, 7) is 5.05. The number of hydrogen-bond acceptors (Lipinski definition) is 3. The van der Waals surface area contributed by atoms with Crippen LogP contribution in [0.25, 0.3) is 0 Å². The maximum Gasteiger partial charge on any atom is 0.255 e. The van der Waals surface area contributed by atoms with Crippen molar-refractivity contribution >= 4 is 5.91 Å². The lowest BCUT2D eigenvalue weighted by Gasteiger charge is -2.17. The number of hydrogen-bond donors (Lipinski definition) is 1. The van der Waals surface area contributed by atoms with E-state index in [1.165, 1.54) is 0 Å². The number of carbonyl (C=O) groups is 1. The van der Waals surface area contributed by atoms with Gasteiger partial charge in [0.1, 0.15) is 0 Å². The van der Waals surface area contributed by atoms with Crippen LogP contribution in [-0.4, -0.2) is 40.1 Å². The van der Waals surface area contributed by atoms with Crippen molar-refractivity contribution in [1.29, 1.82) is 0 Å². The van der Waals surface area contributed by atoms with Gasteiger partial charge in [0.05, 0.1) is 11.7 Å². The lowest BCUT2D eigenvalue weighted by molar-refractivity contribution is 0.0762. The van der Waals surface area contributed by atoms with Crippen LogP contribution >= 0.6 is 0 Å². The molecule has 2 rings (SSSR count). The maximum atomic E-state index is 12.1. The molecule has 4 nitrogen and oxygen atoms in total. The Bertz CT molecular complexity index is 400. The third-order valence-electron chi connectivity index (χ3n) is 3.35. The molecule has 2 atom stereocenters. The fourth-order valence-electron chi connectivity index (χ4n) is 2.14. The molecule has 92 valence electrons. The zero-order valence-corrected chi connectivity index (χ0v) is 10.3. The van der Waals surface area contributed by atoms with Gasteiger partial charge < -0.3 is 10.0 Å². The van der Waals surface area contributed by atoms with Crippen molar-refractivity contribution in [3.63, 3.8) is 0 Å². The van der Waals surface area contributed by atoms with E-state index in [2.05, 4.69) is 4.98 Å². The highest BCUT2D eigenvalue weighted by Gasteiger charge is 2.29. The Morgan fingerprint density at radius 1 is 1.59 bits per heavy atom. The molecule has 1 fully saturated rings. The Balaban J connectivity index is 2.04. The summed E-state index contributed by atoms with van der Waals surface area (Å²) in [5.41, 5.74) is 1.53. The minimum atomic E-state index is -0.344. The Morgan fingerprint density at radius 3 is 2.88 bits per heavy atom. The van der Waals surface area contributed by atoms with Crippen LogP contribution in [0, 0.1) is 12.8 Å². The van der Waals surface area contributed by atoms with Crippen molar-refractivity contribution < 1.29 is 9.90 Å². The second-order valence-electron chi connectivity index (χ2n) is 4.73. The first kappa shape index (κ1) is 12.0. The molecule has 0 radical (unpaired) electrons. The van der Waals surface area contributed by atoms with E-state index in [4.69, 9.17) is 0 Å². The molecule has 1 aliphatic rings. The molecule has 1 amide bonds. The van der Waals surface area contributed by atoms with E-state index in [1.807, 2.05) is 13.0 Å². The first-order valence-electron chi connectivity index (χ1n) is 5.98. The van der Waals surface area contributed by atoms with Gasteiger partial charge in [-0.2, -0.15) is 0 Å². The van der Waals surface area contributed by atoms with Gasteiger partial charge in [-0.15, -0.1) is 0 Å². The van der Waals surface area contributed by atoms with Gasteiger partial charge in [0.15, 0.2) is 0 Å². The quantitative estimate of drug-likeness (QED) is 0.837. The summed E-state index contributed by atoms with van der Waals surface area (Å²) < 4.78 is 0. The van der Waals surface area contributed by atoms with Gasteiger partial charge in [-0.25, -0.2) is 0 Å². The summed E-state index contributed by atoms with van der Waals surface area (Å²) in [6.07, 6.45) is 2.15. The van der Waals surface area contributed by atoms with Gasteiger partial charge in [0.2, 0.25) is 0 Å². The molecule has 1 aliphatic heterocycles. The van der Waals surface area contributed by atoms with E-state index in [-0.39, 0.29) is 17.9 Å². The minimum absolute atomic E-state index is 0.0145. The van der Waals surface area contributed by atoms with Crippen molar-refractivity contribution in [2.24, 2.45) is 5.92 Å². The van der Waals surface area contributed by atoms with Crippen LogP contribution in [-0.2, 0) is 0 Å². The standard InChI is InChI=1S/C13H18N2O2/c1-9-3-4-11(7-14-9)13(17)15-6-5-12(8-15)10(2)16/h3-4,7,10,12,16H,5-6,8H2,1-2H3. The molecule has 0 spiro atoms.